The lowest BCUT2D eigenvalue weighted by Gasteiger charge is -2.15. The molecule has 1 atom stereocenters. The van der Waals surface area contributed by atoms with E-state index >= 15 is 0 Å². The van der Waals surface area contributed by atoms with Gasteiger partial charge in [0.2, 0.25) is 0 Å². The summed E-state index contributed by atoms with van der Waals surface area (Å²) >= 11 is 1.80. The highest BCUT2D eigenvalue weighted by atomic mass is 32.2. The molecule has 1 aromatic carbocycles. The summed E-state index contributed by atoms with van der Waals surface area (Å²) in [6.07, 6.45) is 3.45. The van der Waals surface area contributed by atoms with Crippen LogP contribution in [0.1, 0.15) is 24.7 Å². The van der Waals surface area contributed by atoms with Gasteiger partial charge in [-0.3, -0.25) is 16.0 Å². The Morgan fingerprint density at radius 2 is 2.10 bits per heavy atom. The maximum atomic E-state index is 5.68. The number of nitrogens with two attached hydrogens (primary N) is 1. The zero-order valence-electron chi connectivity index (χ0n) is 12.6. The van der Waals surface area contributed by atoms with E-state index in [0.29, 0.717) is 0 Å². The predicted molar refractivity (Wildman–Crippen MR) is 87.0 cm³/mol. The Hall–Kier alpha value is -1.37. The number of thioether (sulfide) groups is 1. The van der Waals surface area contributed by atoms with Gasteiger partial charge in [0.05, 0.1) is 0 Å². The SMILES string of the molecule is CCCn1ncnc1CC(CSc1ccc(C)cc1)NN. The number of hydrogen-bond donors (Lipinski definition) is 2. The van der Waals surface area contributed by atoms with Gasteiger partial charge in [0, 0.05) is 29.7 Å². The summed E-state index contributed by atoms with van der Waals surface area (Å²) in [6.45, 7) is 5.13. The first-order chi connectivity index (χ1) is 10.2. The molecular formula is C15H23N5S. The Labute approximate surface area is 130 Å². The summed E-state index contributed by atoms with van der Waals surface area (Å²) in [4.78, 5) is 5.60. The molecule has 0 spiro atoms. The van der Waals surface area contributed by atoms with E-state index in [1.165, 1.54) is 10.5 Å². The zero-order chi connectivity index (χ0) is 15.1. The number of hydrogen-bond acceptors (Lipinski definition) is 5. The van der Waals surface area contributed by atoms with Crippen LogP contribution in [0.2, 0.25) is 0 Å². The Kier molecular flexibility index (Phi) is 6.22. The molecule has 0 aliphatic carbocycles. The van der Waals surface area contributed by atoms with Crippen molar-refractivity contribution in [2.75, 3.05) is 5.75 Å². The number of aromatic nitrogens is 3. The van der Waals surface area contributed by atoms with Crippen molar-refractivity contribution >= 4 is 11.8 Å². The number of hydrazine groups is 1. The van der Waals surface area contributed by atoms with Crippen LogP contribution in [-0.2, 0) is 13.0 Å². The van der Waals surface area contributed by atoms with Crippen molar-refractivity contribution < 1.29 is 0 Å². The van der Waals surface area contributed by atoms with Crippen molar-refractivity contribution in [3.63, 3.8) is 0 Å². The lowest BCUT2D eigenvalue weighted by Crippen LogP contribution is -2.39. The molecule has 0 aliphatic heterocycles. The van der Waals surface area contributed by atoms with E-state index < -0.39 is 0 Å². The molecular weight excluding hydrogens is 282 g/mol. The molecule has 1 heterocycles. The summed E-state index contributed by atoms with van der Waals surface area (Å²) in [5.74, 6) is 7.57. The highest BCUT2D eigenvalue weighted by Crippen LogP contribution is 2.19. The van der Waals surface area contributed by atoms with Crippen LogP contribution in [0, 0.1) is 6.92 Å². The maximum Gasteiger partial charge on any atom is 0.138 e. The number of rotatable bonds is 8. The first-order valence-corrected chi connectivity index (χ1v) is 8.23. The number of benzene rings is 1. The van der Waals surface area contributed by atoms with Gasteiger partial charge < -0.3 is 0 Å². The normalized spacial score (nSPS) is 12.5. The van der Waals surface area contributed by atoms with Crippen molar-refractivity contribution in [3.8, 4) is 0 Å². The fraction of sp³-hybridized carbons (Fsp3) is 0.467. The van der Waals surface area contributed by atoms with Gasteiger partial charge in [0.1, 0.15) is 12.2 Å². The van der Waals surface area contributed by atoms with E-state index in [1.807, 2.05) is 4.68 Å². The highest BCUT2D eigenvalue weighted by molar-refractivity contribution is 7.99. The topological polar surface area (TPSA) is 68.8 Å². The van der Waals surface area contributed by atoms with Crippen LogP contribution in [0.4, 0.5) is 0 Å². The Bertz CT molecular complexity index is 537. The van der Waals surface area contributed by atoms with Crippen LogP contribution in [0.25, 0.3) is 0 Å². The summed E-state index contributed by atoms with van der Waals surface area (Å²) in [5.41, 5.74) is 4.17. The maximum absolute atomic E-state index is 5.68. The third-order valence-corrected chi connectivity index (χ3v) is 4.44. The Balaban J connectivity index is 1.90. The van der Waals surface area contributed by atoms with E-state index in [4.69, 9.17) is 5.84 Å². The molecule has 2 aromatic rings. The number of aryl methyl sites for hydroxylation is 2. The van der Waals surface area contributed by atoms with E-state index in [2.05, 4.69) is 53.6 Å². The second kappa shape index (κ2) is 8.17. The van der Waals surface area contributed by atoms with Crippen molar-refractivity contribution in [1.29, 1.82) is 0 Å². The number of nitrogens with one attached hydrogen (secondary N) is 1. The van der Waals surface area contributed by atoms with Gasteiger partial charge >= 0.3 is 0 Å². The average molecular weight is 305 g/mol. The molecule has 0 aliphatic rings. The standard InChI is InChI=1S/C15H23N5S/c1-3-8-20-15(17-11-18-20)9-13(19-16)10-21-14-6-4-12(2)5-7-14/h4-7,11,13,19H,3,8-10,16H2,1-2H3. The molecule has 0 bridgehead atoms. The monoisotopic (exact) mass is 305 g/mol. The van der Waals surface area contributed by atoms with Gasteiger partial charge in [-0.2, -0.15) is 5.10 Å². The minimum Gasteiger partial charge on any atom is -0.271 e. The van der Waals surface area contributed by atoms with Crippen LogP contribution in [-0.4, -0.2) is 26.6 Å². The molecule has 0 fully saturated rings. The molecule has 6 heteroatoms. The van der Waals surface area contributed by atoms with Gasteiger partial charge in [-0.25, -0.2) is 4.98 Å². The third-order valence-electron chi connectivity index (χ3n) is 3.27. The van der Waals surface area contributed by atoms with Gasteiger partial charge in [0.25, 0.3) is 0 Å². The fourth-order valence-corrected chi connectivity index (χ4v) is 3.00. The van der Waals surface area contributed by atoms with Crippen LogP contribution in [0.3, 0.4) is 0 Å². The van der Waals surface area contributed by atoms with Crippen molar-refractivity contribution in [2.24, 2.45) is 5.84 Å². The molecule has 5 nitrogen and oxygen atoms in total. The highest BCUT2D eigenvalue weighted by Gasteiger charge is 2.13. The van der Waals surface area contributed by atoms with Crippen LogP contribution in [0.15, 0.2) is 35.5 Å². The Morgan fingerprint density at radius 1 is 1.33 bits per heavy atom. The smallest absolute Gasteiger partial charge is 0.138 e. The molecule has 0 saturated carbocycles. The Morgan fingerprint density at radius 3 is 2.76 bits per heavy atom. The lowest BCUT2D eigenvalue weighted by molar-refractivity contribution is 0.513. The quantitative estimate of drug-likeness (QED) is 0.444. The van der Waals surface area contributed by atoms with Crippen LogP contribution in [0.5, 0.6) is 0 Å². The van der Waals surface area contributed by atoms with Crippen molar-refractivity contribution in [1.82, 2.24) is 20.2 Å². The van der Waals surface area contributed by atoms with Crippen molar-refractivity contribution in [2.45, 2.75) is 44.2 Å². The predicted octanol–water partition coefficient (Wildman–Crippen LogP) is 2.16. The summed E-state index contributed by atoms with van der Waals surface area (Å²) in [5, 5.41) is 4.25. The zero-order valence-corrected chi connectivity index (χ0v) is 13.4. The molecule has 1 aromatic heterocycles. The van der Waals surface area contributed by atoms with E-state index in [-0.39, 0.29) is 6.04 Å². The first kappa shape index (κ1) is 16.0. The molecule has 0 amide bonds. The first-order valence-electron chi connectivity index (χ1n) is 7.25. The molecule has 2 rings (SSSR count). The lowest BCUT2D eigenvalue weighted by atomic mass is 10.2. The molecule has 21 heavy (non-hydrogen) atoms. The summed E-state index contributed by atoms with van der Waals surface area (Å²) in [7, 11) is 0. The molecule has 0 saturated heterocycles. The minimum absolute atomic E-state index is 0.177. The third kappa shape index (κ3) is 4.84. The minimum atomic E-state index is 0.177. The van der Waals surface area contributed by atoms with Gasteiger partial charge in [-0.1, -0.05) is 24.6 Å². The molecule has 1 unspecified atom stereocenters. The van der Waals surface area contributed by atoms with Crippen LogP contribution < -0.4 is 11.3 Å². The number of nitrogens with zero attached hydrogens (tertiary/aromatic N) is 3. The van der Waals surface area contributed by atoms with Crippen LogP contribution >= 0.6 is 11.8 Å². The average Bonchev–Trinajstić information content (AvgIpc) is 2.92. The molecule has 114 valence electrons. The summed E-state index contributed by atoms with van der Waals surface area (Å²) in [6, 6.07) is 8.73. The second-order valence-electron chi connectivity index (χ2n) is 5.09. The van der Waals surface area contributed by atoms with Gasteiger partial charge in [0.15, 0.2) is 0 Å². The largest absolute Gasteiger partial charge is 0.271 e. The van der Waals surface area contributed by atoms with Crippen molar-refractivity contribution in [3.05, 3.63) is 42.0 Å². The van der Waals surface area contributed by atoms with E-state index in [0.717, 1.165) is 31.0 Å². The van der Waals surface area contributed by atoms with Gasteiger partial charge in [-0.05, 0) is 25.5 Å². The molecule has 0 radical (unpaired) electrons. The van der Waals surface area contributed by atoms with E-state index in [1.54, 1.807) is 18.1 Å². The van der Waals surface area contributed by atoms with E-state index in [9.17, 15) is 0 Å². The summed E-state index contributed by atoms with van der Waals surface area (Å²) < 4.78 is 1.96. The molecule has 3 N–H and O–H groups in total. The second-order valence-corrected chi connectivity index (χ2v) is 6.18. The van der Waals surface area contributed by atoms with Gasteiger partial charge in [-0.15, -0.1) is 11.8 Å². The fourth-order valence-electron chi connectivity index (χ4n) is 2.06.